The molecule has 2 saturated heterocycles. The largest absolute Gasteiger partial charge is 0.381 e. The first-order valence-electron chi connectivity index (χ1n) is 7.93. The standard InChI is InChI=1S/C15H20N4O4S/c16-12(20)6-10-8-24-15(17-10)18-14(22)9-5-13(21)19(7-9)11-1-3-23-4-2-11/h8-9,11H,1-7H2,(H2,16,20)(H,17,18,22). The number of nitrogens with two attached hydrogens (primary N) is 1. The van der Waals surface area contributed by atoms with E-state index in [4.69, 9.17) is 10.5 Å². The van der Waals surface area contributed by atoms with Gasteiger partial charge in [-0.25, -0.2) is 4.98 Å². The molecule has 0 saturated carbocycles. The van der Waals surface area contributed by atoms with Crippen molar-refractivity contribution < 1.29 is 19.1 Å². The fourth-order valence-electron chi connectivity index (χ4n) is 3.09. The fourth-order valence-corrected chi connectivity index (χ4v) is 3.80. The predicted octanol–water partition coefficient (Wildman–Crippen LogP) is 0.137. The third-order valence-electron chi connectivity index (χ3n) is 4.30. The number of thiazole rings is 1. The van der Waals surface area contributed by atoms with Crippen LogP contribution in [-0.2, 0) is 25.5 Å². The van der Waals surface area contributed by atoms with Gasteiger partial charge >= 0.3 is 0 Å². The second-order valence-corrected chi connectivity index (χ2v) is 6.93. The molecule has 3 N–H and O–H groups in total. The number of carbonyl (C=O) groups excluding carboxylic acids is 3. The highest BCUT2D eigenvalue weighted by Crippen LogP contribution is 2.26. The summed E-state index contributed by atoms with van der Waals surface area (Å²) in [5.41, 5.74) is 5.66. The Morgan fingerprint density at radius 1 is 1.42 bits per heavy atom. The van der Waals surface area contributed by atoms with Crippen molar-refractivity contribution in [2.45, 2.75) is 31.7 Å². The van der Waals surface area contributed by atoms with E-state index >= 15 is 0 Å². The van der Waals surface area contributed by atoms with E-state index in [0.717, 1.165) is 12.8 Å². The highest BCUT2D eigenvalue weighted by Gasteiger charge is 2.38. The van der Waals surface area contributed by atoms with E-state index in [1.165, 1.54) is 11.3 Å². The smallest absolute Gasteiger partial charge is 0.231 e. The molecular weight excluding hydrogens is 332 g/mol. The van der Waals surface area contributed by atoms with E-state index in [1.807, 2.05) is 4.90 Å². The number of nitrogens with one attached hydrogen (secondary N) is 1. The second-order valence-electron chi connectivity index (χ2n) is 6.07. The summed E-state index contributed by atoms with van der Waals surface area (Å²) in [5.74, 6) is -1.02. The maximum atomic E-state index is 12.4. The van der Waals surface area contributed by atoms with Crippen LogP contribution in [0.1, 0.15) is 25.0 Å². The van der Waals surface area contributed by atoms with Gasteiger partial charge in [0.25, 0.3) is 0 Å². The van der Waals surface area contributed by atoms with Crippen LogP contribution in [-0.4, -0.2) is 53.4 Å². The quantitative estimate of drug-likeness (QED) is 0.782. The molecule has 2 aliphatic heterocycles. The zero-order chi connectivity index (χ0) is 17.1. The maximum absolute atomic E-state index is 12.4. The molecular formula is C15H20N4O4S. The second kappa shape index (κ2) is 7.27. The Balaban J connectivity index is 1.56. The first-order chi connectivity index (χ1) is 11.5. The molecule has 130 valence electrons. The summed E-state index contributed by atoms with van der Waals surface area (Å²) in [7, 11) is 0. The van der Waals surface area contributed by atoms with Crippen LogP contribution in [0.3, 0.4) is 0 Å². The number of rotatable bonds is 5. The van der Waals surface area contributed by atoms with E-state index in [0.29, 0.717) is 30.6 Å². The van der Waals surface area contributed by atoms with Crippen LogP contribution in [0.15, 0.2) is 5.38 Å². The summed E-state index contributed by atoms with van der Waals surface area (Å²) < 4.78 is 5.32. The summed E-state index contributed by atoms with van der Waals surface area (Å²) >= 11 is 1.24. The monoisotopic (exact) mass is 352 g/mol. The molecule has 1 aromatic rings. The number of primary amides is 1. The minimum atomic E-state index is -0.466. The molecule has 0 spiro atoms. The molecule has 3 heterocycles. The van der Waals surface area contributed by atoms with Crippen molar-refractivity contribution in [2.24, 2.45) is 11.7 Å². The normalized spacial score (nSPS) is 21.9. The Morgan fingerprint density at radius 3 is 2.88 bits per heavy atom. The Kier molecular flexibility index (Phi) is 5.10. The van der Waals surface area contributed by atoms with E-state index in [2.05, 4.69) is 10.3 Å². The summed E-state index contributed by atoms with van der Waals surface area (Å²) in [6, 6.07) is 0.172. The Bertz CT molecular complexity index is 641. The summed E-state index contributed by atoms with van der Waals surface area (Å²) in [6.07, 6.45) is 1.92. The lowest BCUT2D eigenvalue weighted by atomic mass is 10.1. The number of carbonyl (C=O) groups is 3. The van der Waals surface area contributed by atoms with Crippen LogP contribution in [0.5, 0.6) is 0 Å². The number of hydrogen-bond donors (Lipinski definition) is 2. The van der Waals surface area contributed by atoms with Crippen molar-refractivity contribution in [1.29, 1.82) is 0 Å². The molecule has 1 unspecified atom stereocenters. The van der Waals surface area contributed by atoms with Crippen LogP contribution >= 0.6 is 11.3 Å². The number of likely N-dealkylation sites (tertiary alicyclic amines) is 1. The predicted molar refractivity (Wildman–Crippen MR) is 87.3 cm³/mol. The molecule has 0 aliphatic carbocycles. The minimum absolute atomic E-state index is 0.0237. The lowest BCUT2D eigenvalue weighted by Crippen LogP contribution is -2.41. The van der Waals surface area contributed by atoms with Gasteiger partial charge in [-0.2, -0.15) is 0 Å². The molecule has 8 nitrogen and oxygen atoms in total. The minimum Gasteiger partial charge on any atom is -0.381 e. The average Bonchev–Trinajstić information content (AvgIpc) is 3.14. The van der Waals surface area contributed by atoms with E-state index < -0.39 is 5.91 Å². The number of amides is 3. The fraction of sp³-hybridized carbons (Fsp3) is 0.600. The lowest BCUT2D eigenvalue weighted by Gasteiger charge is -2.31. The summed E-state index contributed by atoms with van der Waals surface area (Å²) in [5, 5.41) is 4.85. The van der Waals surface area contributed by atoms with E-state index in [-0.39, 0.29) is 36.6 Å². The molecule has 3 rings (SSSR count). The molecule has 1 aromatic heterocycles. The van der Waals surface area contributed by atoms with Gasteiger partial charge in [0.1, 0.15) is 0 Å². The van der Waals surface area contributed by atoms with Crippen molar-refractivity contribution in [1.82, 2.24) is 9.88 Å². The molecule has 9 heteroatoms. The highest BCUT2D eigenvalue weighted by molar-refractivity contribution is 7.13. The third-order valence-corrected chi connectivity index (χ3v) is 5.10. The number of aromatic nitrogens is 1. The number of ether oxygens (including phenoxy) is 1. The lowest BCUT2D eigenvalue weighted by molar-refractivity contribution is -0.131. The van der Waals surface area contributed by atoms with Crippen LogP contribution in [0.4, 0.5) is 5.13 Å². The topological polar surface area (TPSA) is 115 Å². The van der Waals surface area contributed by atoms with Gasteiger partial charge in [0.15, 0.2) is 5.13 Å². The van der Waals surface area contributed by atoms with Gasteiger partial charge in [0.2, 0.25) is 17.7 Å². The first-order valence-corrected chi connectivity index (χ1v) is 8.81. The molecule has 0 aromatic carbocycles. The van der Waals surface area contributed by atoms with Crippen LogP contribution < -0.4 is 11.1 Å². The van der Waals surface area contributed by atoms with Gasteiger partial charge in [-0.15, -0.1) is 11.3 Å². The molecule has 0 radical (unpaired) electrons. The summed E-state index contributed by atoms with van der Waals surface area (Å²) in [4.78, 5) is 41.4. The Morgan fingerprint density at radius 2 is 2.17 bits per heavy atom. The zero-order valence-electron chi connectivity index (χ0n) is 13.2. The third kappa shape index (κ3) is 3.90. The van der Waals surface area contributed by atoms with Gasteiger partial charge < -0.3 is 20.7 Å². The number of nitrogens with zero attached hydrogens (tertiary/aromatic N) is 2. The first kappa shape index (κ1) is 16.8. The van der Waals surface area contributed by atoms with Gasteiger partial charge in [-0.1, -0.05) is 0 Å². The van der Waals surface area contributed by atoms with Crippen molar-refractivity contribution in [3.8, 4) is 0 Å². The van der Waals surface area contributed by atoms with Gasteiger partial charge in [0.05, 0.1) is 18.0 Å². The highest BCUT2D eigenvalue weighted by atomic mass is 32.1. The van der Waals surface area contributed by atoms with Crippen molar-refractivity contribution >= 4 is 34.2 Å². The van der Waals surface area contributed by atoms with E-state index in [1.54, 1.807) is 5.38 Å². The molecule has 2 aliphatic rings. The molecule has 0 bridgehead atoms. The average molecular weight is 352 g/mol. The Hall–Kier alpha value is -2.00. The molecule has 1 atom stereocenters. The van der Waals surface area contributed by atoms with Crippen molar-refractivity contribution in [2.75, 3.05) is 25.1 Å². The van der Waals surface area contributed by atoms with Crippen molar-refractivity contribution in [3.05, 3.63) is 11.1 Å². The van der Waals surface area contributed by atoms with E-state index in [9.17, 15) is 14.4 Å². The SMILES string of the molecule is NC(=O)Cc1csc(NC(=O)C2CC(=O)N(C3CCOCC3)C2)n1. The molecule has 2 fully saturated rings. The summed E-state index contributed by atoms with van der Waals surface area (Å²) in [6.45, 7) is 1.76. The molecule has 3 amide bonds. The van der Waals surface area contributed by atoms with Gasteiger partial charge in [0, 0.05) is 37.6 Å². The van der Waals surface area contributed by atoms with Crippen LogP contribution in [0.25, 0.3) is 0 Å². The maximum Gasteiger partial charge on any atom is 0.231 e. The van der Waals surface area contributed by atoms with Crippen LogP contribution in [0, 0.1) is 5.92 Å². The Labute approximate surface area is 143 Å². The zero-order valence-corrected chi connectivity index (χ0v) is 14.0. The van der Waals surface area contributed by atoms with Gasteiger partial charge in [-0.3, -0.25) is 14.4 Å². The van der Waals surface area contributed by atoms with Gasteiger partial charge in [-0.05, 0) is 12.8 Å². The van der Waals surface area contributed by atoms with Crippen LogP contribution in [0.2, 0.25) is 0 Å². The van der Waals surface area contributed by atoms with Crippen molar-refractivity contribution in [3.63, 3.8) is 0 Å². The number of hydrogen-bond acceptors (Lipinski definition) is 6. The molecule has 24 heavy (non-hydrogen) atoms. The number of anilines is 1.